The van der Waals surface area contributed by atoms with Crippen molar-refractivity contribution in [2.45, 2.75) is 24.6 Å². The lowest BCUT2D eigenvalue weighted by molar-refractivity contribution is -0.385. The van der Waals surface area contributed by atoms with E-state index < -0.39 is 16.6 Å². The van der Waals surface area contributed by atoms with E-state index in [0.717, 1.165) is 6.07 Å². The van der Waals surface area contributed by atoms with Crippen LogP contribution < -0.4 is 10.1 Å². The second-order valence-electron chi connectivity index (χ2n) is 4.35. The predicted octanol–water partition coefficient (Wildman–Crippen LogP) is 3.11. The number of nitrogens with zero attached hydrogens (tertiary/aromatic N) is 1. The molecule has 0 aliphatic heterocycles. The summed E-state index contributed by atoms with van der Waals surface area (Å²) in [5.41, 5.74) is -2.05. The molecule has 1 fully saturated rings. The summed E-state index contributed by atoms with van der Waals surface area (Å²) in [5, 5.41) is 13.1. The molecule has 0 radical (unpaired) electrons. The molecule has 1 aromatic carbocycles. The molecular formula is C11H11F3N2O3. The zero-order valence-electron chi connectivity index (χ0n) is 9.95. The number of alkyl halides is 3. The maximum atomic E-state index is 12.8. The van der Waals surface area contributed by atoms with E-state index in [4.69, 9.17) is 4.74 Å². The van der Waals surface area contributed by atoms with Gasteiger partial charge < -0.3 is 10.1 Å². The number of halogens is 3. The summed E-state index contributed by atoms with van der Waals surface area (Å²) >= 11 is 0. The van der Waals surface area contributed by atoms with Gasteiger partial charge in [0.05, 0.1) is 12.0 Å². The van der Waals surface area contributed by atoms with Gasteiger partial charge in [-0.15, -0.1) is 0 Å². The maximum Gasteiger partial charge on any atom is 0.411 e. The molecule has 5 nitrogen and oxygen atoms in total. The fourth-order valence-electron chi connectivity index (χ4n) is 1.79. The van der Waals surface area contributed by atoms with Crippen molar-refractivity contribution in [1.29, 1.82) is 0 Å². The number of rotatable bonds is 4. The summed E-state index contributed by atoms with van der Waals surface area (Å²) < 4.78 is 43.1. The number of benzene rings is 1. The van der Waals surface area contributed by atoms with Crippen molar-refractivity contribution in [2.24, 2.45) is 0 Å². The number of nitro benzene ring substituents is 1. The molecule has 1 N–H and O–H groups in total. The van der Waals surface area contributed by atoms with Crippen LogP contribution in [0.25, 0.3) is 0 Å². The van der Waals surface area contributed by atoms with Gasteiger partial charge in [0.1, 0.15) is 5.54 Å². The van der Waals surface area contributed by atoms with Crippen molar-refractivity contribution < 1.29 is 22.8 Å². The molecule has 0 aromatic heterocycles. The van der Waals surface area contributed by atoms with Gasteiger partial charge in [-0.2, -0.15) is 13.2 Å². The molecule has 0 atom stereocenters. The van der Waals surface area contributed by atoms with Crippen LogP contribution in [0.5, 0.6) is 5.75 Å². The van der Waals surface area contributed by atoms with Crippen LogP contribution in [0.1, 0.15) is 12.8 Å². The Hall–Kier alpha value is -1.99. The highest BCUT2D eigenvalue weighted by Crippen LogP contribution is 2.51. The highest BCUT2D eigenvalue weighted by molar-refractivity contribution is 5.59. The maximum absolute atomic E-state index is 12.8. The largest absolute Gasteiger partial charge is 0.490 e. The second-order valence-corrected chi connectivity index (χ2v) is 4.35. The molecule has 1 saturated carbocycles. The van der Waals surface area contributed by atoms with Crippen molar-refractivity contribution in [1.82, 2.24) is 0 Å². The lowest BCUT2D eigenvalue weighted by Crippen LogP contribution is -2.38. The lowest BCUT2D eigenvalue weighted by Gasteiger charge is -2.22. The number of hydrogen-bond acceptors (Lipinski definition) is 4. The first-order valence-electron chi connectivity index (χ1n) is 5.46. The molecule has 19 heavy (non-hydrogen) atoms. The van der Waals surface area contributed by atoms with Gasteiger partial charge in [0, 0.05) is 17.8 Å². The van der Waals surface area contributed by atoms with Crippen LogP contribution >= 0.6 is 0 Å². The normalized spacial score (nSPS) is 16.8. The minimum absolute atomic E-state index is 0.00416. The van der Waals surface area contributed by atoms with Crippen LogP contribution in [0.3, 0.4) is 0 Å². The number of methoxy groups -OCH3 is 1. The van der Waals surface area contributed by atoms with Crippen molar-refractivity contribution >= 4 is 11.4 Å². The number of nitrogens with one attached hydrogen (secondary N) is 1. The first-order valence-corrected chi connectivity index (χ1v) is 5.46. The Bertz CT molecular complexity index is 512. The molecule has 8 heteroatoms. The molecule has 104 valence electrons. The van der Waals surface area contributed by atoms with Crippen LogP contribution in [0, 0.1) is 10.1 Å². The number of hydrogen-bond donors (Lipinski definition) is 1. The van der Waals surface area contributed by atoms with Gasteiger partial charge in [0.25, 0.3) is 0 Å². The van der Waals surface area contributed by atoms with Gasteiger partial charge in [-0.3, -0.25) is 10.1 Å². The summed E-state index contributed by atoms with van der Waals surface area (Å²) in [4.78, 5) is 10.0. The van der Waals surface area contributed by atoms with E-state index in [1.807, 2.05) is 0 Å². The van der Waals surface area contributed by atoms with Crippen LogP contribution in [-0.4, -0.2) is 23.7 Å². The van der Waals surface area contributed by atoms with Crippen molar-refractivity contribution in [3.63, 3.8) is 0 Å². The lowest BCUT2D eigenvalue weighted by atomic mass is 10.2. The fourth-order valence-corrected chi connectivity index (χ4v) is 1.79. The zero-order valence-corrected chi connectivity index (χ0v) is 9.95. The molecule has 1 aliphatic rings. The van der Waals surface area contributed by atoms with Gasteiger partial charge in [-0.25, -0.2) is 0 Å². The van der Waals surface area contributed by atoms with Gasteiger partial charge in [0.15, 0.2) is 5.75 Å². The van der Waals surface area contributed by atoms with E-state index in [1.165, 1.54) is 19.2 Å². The Morgan fingerprint density at radius 2 is 2.05 bits per heavy atom. The van der Waals surface area contributed by atoms with Gasteiger partial charge in [-0.05, 0) is 18.9 Å². The van der Waals surface area contributed by atoms with Crippen molar-refractivity contribution in [2.75, 3.05) is 12.4 Å². The summed E-state index contributed by atoms with van der Waals surface area (Å²) in [6.45, 7) is 0. The number of anilines is 1. The standard InChI is InChI=1S/C11H11F3N2O3/c1-19-9-6-7(2-3-8(9)16(17)18)15-10(4-5-10)11(12,13)14/h2-3,6,15H,4-5H2,1H3. The van der Waals surface area contributed by atoms with Crippen molar-refractivity contribution in [3.05, 3.63) is 28.3 Å². The average Bonchev–Trinajstić information content (AvgIpc) is 3.08. The third-order valence-electron chi connectivity index (χ3n) is 3.05. The van der Waals surface area contributed by atoms with Gasteiger partial charge >= 0.3 is 11.9 Å². The Morgan fingerprint density at radius 3 is 2.47 bits per heavy atom. The molecule has 2 rings (SSSR count). The third-order valence-corrected chi connectivity index (χ3v) is 3.05. The SMILES string of the molecule is COc1cc(NC2(C(F)(F)F)CC2)ccc1[N+](=O)[O-]. The third kappa shape index (κ3) is 2.42. The fraction of sp³-hybridized carbons (Fsp3) is 0.455. The zero-order chi connectivity index (χ0) is 14.3. The minimum Gasteiger partial charge on any atom is -0.490 e. The Balaban J connectivity index is 2.26. The van der Waals surface area contributed by atoms with Gasteiger partial charge in [-0.1, -0.05) is 0 Å². The monoisotopic (exact) mass is 276 g/mol. The molecule has 0 spiro atoms. The molecule has 0 amide bonds. The van der Waals surface area contributed by atoms with E-state index in [0.29, 0.717) is 0 Å². The van der Waals surface area contributed by atoms with E-state index in [2.05, 4.69) is 5.32 Å². The van der Waals surface area contributed by atoms with E-state index in [1.54, 1.807) is 0 Å². The molecule has 0 unspecified atom stereocenters. The second kappa shape index (κ2) is 4.29. The molecular weight excluding hydrogens is 265 g/mol. The molecule has 0 bridgehead atoms. The smallest absolute Gasteiger partial charge is 0.411 e. The minimum atomic E-state index is -4.35. The topological polar surface area (TPSA) is 64.4 Å². The van der Waals surface area contributed by atoms with E-state index in [-0.39, 0.29) is 30.0 Å². The van der Waals surface area contributed by atoms with Crippen LogP contribution in [-0.2, 0) is 0 Å². The predicted molar refractivity (Wildman–Crippen MR) is 61.3 cm³/mol. The summed E-state index contributed by atoms with van der Waals surface area (Å²) in [6, 6.07) is 3.56. The molecule has 0 saturated heterocycles. The van der Waals surface area contributed by atoms with Crippen molar-refractivity contribution in [3.8, 4) is 5.75 Å². The quantitative estimate of drug-likeness (QED) is 0.678. The molecule has 1 aromatic rings. The highest BCUT2D eigenvalue weighted by Gasteiger charge is 2.63. The summed E-state index contributed by atoms with van der Waals surface area (Å²) in [6.07, 6.45) is -4.35. The van der Waals surface area contributed by atoms with Crippen LogP contribution in [0.2, 0.25) is 0 Å². The number of nitro groups is 1. The molecule has 0 heterocycles. The van der Waals surface area contributed by atoms with Crippen LogP contribution in [0.4, 0.5) is 24.5 Å². The first-order chi connectivity index (χ1) is 8.79. The summed E-state index contributed by atoms with van der Waals surface area (Å²) in [5.74, 6) is -0.0759. The Labute approximate surface area is 106 Å². The van der Waals surface area contributed by atoms with Gasteiger partial charge in [0.2, 0.25) is 0 Å². The molecule has 1 aliphatic carbocycles. The number of ether oxygens (including phenoxy) is 1. The highest BCUT2D eigenvalue weighted by atomic mass is 19.4. The van der Waals surface area contributed by atoms with E-state index in [9.17, 15) is 23.3 Å². The van der Waals surface area contributed by atoms with Crippen LogP contribution in [0.15, 0.2) is 18.2 Å². The average molecular weight is 276 g/mol. The van der Waals surface area contributed by atoms with E-state index >= 15 is 0 Å². The summed E-state index contributed by atoms with van der Waals surface area (Å²) in [7, 11) is 1.22. The first kappa shape index (κ1) is 13.4. The Morgan fingerprint density at radius 1 is 1.42 bits per heavy atom. The Kier molecular flexibility index (Phi) is 3.03.